The number of benzene rings is 10. The third kappa shape index (κ3) is 6.84. The zero-order chi connectivity index (χ0) is 44.3. The van der Waals surface area contributed by atoms with Crippen molar-refractivity contribution in [3.63, 3.8) is 0 Å². The highest BCUT2D eigenvalue weighted by atomic mass is 32.1. The lowest BCUT2D eigenvalue weighted by atomic mass is 9.80. The molecule has 0 saturated heterocycles. The lowest BCUT2D eigenvalue weighted by Crippen LogP contribution is -2.11. The van der Waals surface area contributed by atoms with Crippen LogP contribution in [0.1, 0.15) is 43.6 Å². The lowest BCUT2D eigenvalue weighted by Gasteiger charge is -2.29. The molecule has 1 fully saturated rings. The molecule has 13 rings (SSSR count). The Labute approximate surface area is 395 Å². The summed E-state index contributed by atoms with van der Waals surface area (Å²) in [6.45, 7) is 0. The van der Waals surface area contributed by atoms with E-state index in [1.165, 1.54) is 129 Å². The van der Waals surface area contributed by atoms with Gasteiger partial charge in [0.25, 0.3) is 0 Å². The van der Waals surface area contributed by atoms with Crippen LogP contribution in [0.15, 0.2) is 224 Å². The standard InChI is InChI=1S/C64H48N2S/c1-3-17-44(18-4-1)51-28-14-19-45-20-15-30-56(63(45)51)54-26-8-10-31-58(54)65(50-24-13-21-47(41-50)52-29-16-34-62-64(52)57-27-9-12-33-61(57)67-62)49-38-35-43(36-39-49)46-37-40-55-53-25-7-11-32-59(53)66(60(55)42-46)48-22-5-2-6-23-48/h2,5-16,19-42,44H,1,3-4,17-18H2. The summed E-state index contributed by atoms with van der Waals surface area (Å²) < 4.78 is 5.04. The number of hydrogen-bond acceptors (Lipinski definition) is 2. The van der Waals surface area contributed by atoms with Crippen molar-refractivity contribution >= 4 is 81.1 Å². The van der Waals surface area contributed by atoms with E-state index < -0.39 is 0 Å². The third-order valence-electron chi connectivity index (χ3n) is 14.4. The Morgan fingerprint density at radius 2 is 1.07 bits per heavy atom. The van der Waals surface area contributed by atoms with E-state index in [9.17, 15) is 0 Å². The SMILES string of the molecule is c1ccc(-n2c3ccccc3c3ccc(-c4ccc(N(c5cccc(-c6cccc7sc8ccccc8c67)c5)c5ccccc5-c5cccc6cccc(C7CCCCC7)c56)cc4)cc32)cc1. The quantitative estimate of drug-likeness (QED) is 0.148. The van der Waals surface area contributed by atoms with E-state index in [1.54, 1.807) is 0 Å². The summed E-state index contributed by atoms with van der Waals surface area (Å²) in [5, 5.41) is 7.87. The first-order valence-electron chi connectivity index (χ1n) is 23.9. The maximum Gasteiger partial charge on any atom is 0.0547 e. The Kier molecular flexibility index (Phi) is 9.83. The van der Waals surface area contributed by atoms with Gasteiger partial charge in [-0.25, -0.2) is 0 Å². The molecule has 0 atom stereocenters. The first-order valence-corrected chi connectivity index (χ1v) is 24.7. The maximum atomic E-state index is 2.49. The second kappa shape index (κ2) is 16.6. The molecular weight excluding hydrogens is 829 g/mol. The number of fused-ring (bicyclic) bond motifs is 7. The molecule has 1 aliphatic rings. The van der Waals surface area contributed by atoms with Crippen LogP contribution < -0.4 is 4.90 Å². The summed E-state index contributed by atoms with van der Waals surface area (Å²) in [5.41, 5.74) is 15.8. The fourth-order valence-electron chi connectivity index (χ4n) is 11.3. The van der Waals surface area contributed by atoms with E-state index in [1.807, 2.05) is 11.3 Å². The molecule has 1 saturated carbocycles. The van der Waals surface area contributed by atoms with Crippen molar-refractivity contribution in [2.45, 2.75) is 38.0 Å². The molecule has 3 heteroatoms. The van der Waals surface area contributed by atoms with Gasteiger partial charge in [0.15, 0.2) is 0 Å². The van der Waals surface area contributed by atoms with Gasteiger partial charge in [-0.2, -0.15) is 0 Å². The van der Waals surface area contributed by atoms with E-state index in [0.717, 1.165) is 17.1 Å². The molecule has 2 heterocycles. The first kappa shape index (κ1) is 39.6. The topological polar surface area (TPSA) is 8.17 Å². The van der Waals surface area contributed by atoms with Crippen LogP contribution in [-0.4, -0.2) is 4.57 Å². The second-order valence-corrected chi connectivity index (χ2v) is 19.3. The van der Waals surface area contributed by atoms with Crippen molar-refractivity contribution in [3.05, 3.63) is 230 Å². The molecule has 10 aromatic carbocycles. The van der Waals surface area contributed by atoms with Gasteiger partial charge in [0.1, 0.15) is 0 Å². The molecule has 0 unspecified atom stereocenters. The number of para-hydroxylation sites is 3. The highest BCUT2D eigenvalue weighted by Crippen LogP contribution is 2.48. The maximum absolute atomic E-state index is 2.49. The minimum Gasteiger partial charge on any atom is -0.310 e. The van der Waals surface area contributed by atoms with Gasteiger partial charge < -0.3 is 9.47 Å². The zero-order valence-electron chi connectivity index (χ0n) is 37.3. The molecule has 2 nitrogen and oxygen atoms in total. The van der Waals surface area contributed by atoms with Crippen molar-refractivity contribution < 1.29 is 0 Å². The van der Waals surface area contributed by atoms with Crippen LogP contribution >= 0.6 is 11.3 Å². The Hall–Kier alpha value is -7.72. The molecule has 0 N–H and O–H groups in total. The largest absolute Gasteiger partial charge is 0.310 e. The molecule has 0 radical (unpaired) electrons. The van der Waals surface area contributed by atoms with Crippen molar-refractivity contribution in [2.24, 2.45) is 0 Å². The summed E-state index contributed by atoms with van der Waals surface area (Å²) in [6.07, 6.45) is 6.47. The Morgan fingerprint density at radius 3 is 1.96 bits per heavy atom. The van der Waals surface area contributed by atoms with Gasteiger partial charge in [0.05, 0.1) is 16.7 Å². The van der Waals surface area contributed by atoms with Crippen LogP contribution in [0.25, 0.3) is 91.8 Å². The van der Waals surface area contributed by atoms with Gasteiger partial charge in [0, 0.05) is 53.6 Å². The highest BCUT2D eigenvalue weighted by Gasteiger charge is 2.24. The van der Waals surface area contributed by atoms with E-state index >= 15 is 0 Å². The molecule has 67 heavy (non-hydrogen) atoms. The minimum atomic E-state index is 0.579. The fourth-order valence-corrected chi connectivity index (χ4v) is 12.4. The Bertz CT molecular complexity index is 3790. The molecule has 0 amide bonds. The van der Waals surface area contributed by atoms with Crippen LogP contribution in [0.2, 0.25) is 0 Å². The average molecular weight is 877 g/mol. The van der Waals surface area contributed by atoms with Gasteiger partial charge >= 0.3 is 0 Å². The van der Waals surface area contributed by atoms with Crippen molar-refractivity contribution in [1.29, 1.82) is 0 Å². The number of aromatic nitrogens is 1. The number of rotatable bonds is 8. The summed E-state index contributed by atoms with van der Waals surface area (Å²) in [4.78, 5) is 2.49. The highest BCUT2D eigenvalue weighted by molar-refractivity contribution is 7.25. The molecule has 12 aromatic rings. The van der Waals surface area contributed by atoms with Crippen LogP contribution in [-0.2, 0) is 0 Å². The Balaban J connectivity index is 0.986. The van der Waals surface area contributed by atoms with Crippen molar-refractivity contribution in [3.8, 4) is 39.1 Å². The fraction of sp³-hybridized carbons (Fsp3) is 0.0938. The van der Waals surface area contributed by atoms with Gasteiger partial charge in [-0.1, -0.05) is 177 Å². The second-order valence-electron chi connectivity index (χ2n) is 18.2. The molecule has 0 bridgehead atoms. The molecule has 1 aliphatic carbocycles. The molecule has 0 aliphatic heterocycles. The van der Waals surface area contributed by atoms with Gasteiger partial charge in [-0.15, -0.1) is 11.3 Å². The van der Waals surface area contributed by atoms with Gasteiger partial charge in [-0.3, -0.25) is 0 Å². The van der Waals surface area contributed by atoms with E-state index in [-0.39, 0.29) is 0 Å². The predicted octanol–water partition coefficient (Wildman–Crippen LogP) is 18.8. The summed E-state index contributed by atoms with van der Waals surface area (Å²) in [5.74, 6) is 0.579. The summed E-state index contributed by atoms with van der Waals surface area (Å²) in [7, 11) is 0. The smallest absolute Gasteiger partial charge is 0.0547 e. The average Bonchev–Trinajstić information content (AvgIpc) is 3.95. The van der Waals surface area contributed by atoms with E-state index in [2.05, 4.69) is 234 Å². The van der Waals surface area contributed by atoms with Crippen LogP contribution in [0.3, 0.4) is 0 Å². The van der Waals surface area contributed by atoms with Gasteiger partial charge in [-0.05, 0) is 130 Å². The predicted molar refractivity (Wildman–Crippen MR) is 288 cm³/mol. The minimum absolute atomic E-state index is 0.579. The van der Waals surface area contributed by atoms with Crippen LogP contribution in [0.5, 0.6) is 0 Å². The normalized spacial score (nSPS) is 13.3. The molecule has 320 valence electrons. The van der Waals surface area contributed by atoms with Crippen LogP contribution in [0, 0.1) is 0 Å². The van der Waals surface area contributed by atoms with E-state index in [0.29, 0.717) is 5.92 Å². The van der Waals surface area contributed by atoms with Crippen LogP contribution in [0.4, 0.5) is 17.1 Å². The summed E-state index contributed by atoms with van der Waals surface area (Å²) in [6, 6.07) is 83.5. The van der Waals surface area contributed by atoms with E-state index in [4.69, 9.17) is 0 Å². The number of thiophene rings is 1. The molecular formula is C64H48N2S. The number of hydrogen-bond donors (Lipinski definition) is 0. The first-order chi connectivity index (χ1) is 33.2. The third-order valence-corrected chi connectivity index (χ3v) is 15.5. The number of nitrogens with zero attached hydrogens (tertiary/aromatic N) is 2. The molecule has 2 aromatic heterocycles. The van der Waals surface area contributed by atoms with Gasteiger partial charge in [0.2, 0.25) is 0 Å². The number of anilines is 3. The van der Waals surface area contributed by atoms with Crippen molar-refractivity contribution in [1.82, 2.24) is 4.57 Å². The lowest BCUT2D eigenvalue weighted by molar-refractivity contribution is 0.445. The Morgan fingerprint density at radius 1 is 0.403 bits per heavy atom. The zero-order valence-corrected chi connectivity index (χ0v) is 38.1. The monoisotopic (exact) mass is 876 g/mol. The molecule has 0 spiro atoms. The summed E-state index contributed by atoms with van der Waals surface area (Å²) >= 11 is 1.88. The van der Waals surface area contributed by atoms with Crippen molar-refractivity contribution in [2.75, 3.05) is 4.90 Å².